The number of aromatic nitrogens is 5. The molecule has 1 N–H and O–H groups in total. The van der Waals surface area contributed by atoms with E-state index in [0.717, 1.165) is 5.69 Å². The Morgan fingerprint density at radius 1 is 1.19 bits per heavy atom. The average molecular weight is 282 g/mol. The molecule has 1 amide bonds. The van der Waals surface area contributed by atoms with E-state index in [1.165, 1.54) is 0 Å². The highest BCUT2D eigenvalue weighted by molar-refractivity contribution is 5.75. The molecule has 0 atom stereocenters. The van der Waals surface area contributed by atoms with Gasteiger partial charge in [0.05, 0.1) is 18.4 Å². The summed E-state index contributed by atoms with van der Waals surface area (Å²) in [5.74, 6) is -0.0651. The van der Waals surface area contributed by atoms with Crippen molar-refractivity contribution >= 4 is 5.91 Å². The fourth-order valence-electron chi connectivity index (χ4n) is 1.89. The summed E-state index contributed by atoms with van der Waals surface area (Å²) in [6.07, 6.45) is 8.86. The van der Waals surface area contributed by atoms with Crippen LogP contribution in [0.2, 0.25) is 0 Å². The first-order chi connectivity index (χ1) is 10.3. The number of amides is 1. The van der Waals surface area contributed by atoms with Gasteiger partial charge in [-0.2, -0.15) is 0 Å². The highest BCUT2D eigenvalue weighted by Crippen LogP contribution is 2.04. The number of nitrogens with zero attached hydrogens (tertiary/aromatic N) is 5. The highest BCUT2D eigenvalue weighted by atomic mass is 16.1. The van der Waals surface area contributed by atoms with Crippen molar-refractivity contribution in [2.45, 2.75) is 13.1 Å². The molecular formula is C14H14N6O. The van der Waals surface area contributed by atoms with E-state index in [2.05, 4.69) is 20.6 Å². The molecule has 0 saturated heterocycles. The van der Waals surface area contributed by atoms with Gasteiger partial charge in [0.1, 0.15) is 12.2 Å². The third-order valence-electron chi connectivity index (χ3n) is 2.93. The van der Waals surface area contributed by atoms with Gasteiger partial charge in [-0.05, 0) is 24.3 Å². The molecule has 0 bridgehead atoms. The van der Waals surface area contributed by atoms with Gasteiger partial charge in [-0.1, -0.05) is 5.21 Å². The maximum atomic E-state index is 11.8. The van der Waals surface area contributed by atoms with Crippen LogP contribution in [0.15, 0.2) is 55.2 Å². The van der Waals surface area contributed by atoms with Crippen LogP contribution >= 0.6 is 0 Å². The molecule has 3 heterocycles. The summed E-state index contributed by atoms with van der Waals surface area (Å²) < 4.78 is 3.46. The predicted molar refractivity (Wildman–Crippen MR) is 75.4 cm³/mol. The minimum Gasteiger partial charge on any atom is -0.349 e. The van der Waals surface area contributed by atoms with Gasteiger partial charge in [0.15, 0.2) is 0 Å². The number of rotatable bonds is 5. The van der Waals surface area contributed by atoms with E-state index in [0.29, 0.717) is 18.8 Å². The lowest BCUT2D eigenvalue weighted by Gasteiger charge is -2.03. The van der Waals surface area contributed by atoms with Crippen LogP contribution in [0.25, 0.3) is 5.69 Å². The highest BCUT2D eigenvalue weighted by Gasteiger charge is 2.05. The number of nitrogens with one attached hydrogen (secondary N) is 1. The molecule has 106 valence electrons. The summed E-state index contributed by atoms with van der Waals surface area (Å²) in [4.78, 5) is 15.7. The Hall–Kier alpha value is -2.96. The average Bonchev–Trinajstić information content (AvgIpc) is 3.17. The second-order valence-electron chi connectivity index (χ2n) is 4.49. The summed E-state index contributed by atoms with van der Waals surface area (Å²) in [6, 6.07) is 7.44. The van der Waals surface area contributed by atoms with Gasteiger partial charge in [0.2, 0.25) is 5.91 Å². The smallest absolute Gasteiger partial charge is 0.240 e. The molecule has 3 rings (SSSR count). The molecule has 21 heavy (non-hydrogen) atoms. The Bertz CT molecular complexity index is 704. The third kappa shape index (κ3) is 3.33. The van der Waals surface area contributed by atoms with E-state index in [4.69, 9.17) is 0 Å². The Morgan fingerprint density at radius 3 is 2.71 bits per heavy atom. The lowest BCUT2D eigenvalue weighted by Crippen LogP contribution is -2.26. The van der Waals surface area contributed by atoms with Crippen LogP contribution in [0.4, 0.5) is 0 Å². The maximum Gasteiger partial charge on any atom is 0.240 e. The van der Waals surface area contributed by atoms with Crippen LogP contribution in [-0.4, -0.2) is 30.5 Å². The van der Waals surface area contributed by atoms with Crippen molar-refractivity contribution in [3.05, 3.63) is 60.9 Å². The fourth-order valence-corrected chi connectivity index (χ4v) is 1.89. The van der Waals surface area contributed by atoms with Gasteiger partial charge in [-0.15, -0.1) is 5.10 Å². The van der Waals surface area contributed by atoms with Gasteiger partial charge < -0.3 is 9.88 Å². The molecule has 0 aliphatic carbocycles. The lowest BCUT2D eigenvalue weighted by molar-refractivity contribution is -0.121. The summed E-state index contributed by atoms with van der Waals surface area (Å²) >= 11 is 0. The zero-order valence-electron chi connectivity index (χ0n) is 11.3. The first kappa shape index (κ1) is 13.0. The molecule has 0 unspecified atom stereocenters. The summed E-state index contributed by atoms with van der Waals surface area (Å²) in [5, 5.41) is 10.9. The van der Waals surface area contributed by atoms with Gasteiger partial charge in [-0.25, -0.2) is 4.68 Å². The quantitative estimate of drug-likeness (QED) is 0.750. The van der Waals surface area contributed by atoms with Gasteiger partial charge in [-0.3, -0.25) is 9.78 Å². The second kappa shape index (κ2) is 6.00. The molecule has 0 radical (unpaired) electrons. The van der Waals surface area contributed by atoms with Crippen molar-refractivity contribution < 1.29 is 4.79 Å². The van der Waals surface area contributed by atoms with Crippen LogP contribution in [0, 0.1) is 0 Å². The number of hydrogen-bond acceptors (Lipinski definition) is 4. The standard InChI is InChI=1S/C14H14N6O/c21-14(11-19-7-1-2-8-19)16-9-12-10-20(18-17-12)13-3-5-15-6-4-13/h1-8,10H,9,11H2,(H,16,21). The molecule has 7 heteroatoms. The Labute approximate surface area is 121 Å². The second-order valence-corrected chi connectivity index (χ2v) is 4.49. The Morgan fingerprint density at radius 2 is 1.95 bits per heavy atom. The first-order valence-electron chi connectivity index (χ1n) is 6.50. The zero-order chi connectivity index (χ0) is 14.5. The predicted octanol–water partition coefficient (Wildman–Crippen LogP) is 0.780. The van der Waals surface area contributed by atoms with E-state index in [1.54, 1.807) is 23.3 Å². The molecule has 3 aromatic rings. The van der Waals surface area contributed by atoms with Crippen LogP contribution in [0.1, 0.15) is 5.69 Å². The molecule has 3 aromatic heterocycles. The number of hydrogen-bond donors (Lipinski definition) is 1. The molecule has 0 aliphatic heterocycles. The largest absolute Gasteiger partial charge is 0.349 e. The van der Waals surface area contributed by atoms with E-state index in [1.807, 2.05) is 41.2 Å². The van der Waals surface area contributed by atoms with Crippen LogP contribution in [0.3, 0.4) is 0 Å². The molecule has 0 saturated carbocycles. The van der Waals surface area contributed by atoms with Crippen molar-refractivity contribution in [1.82, 2.24) is 29.9 Å². The zero-order valence-corrected chi connectivity index (χ0v) is 11.3. The summed E-state index contributed by atoms with van der Waals surface area (Å²) in [6.45, 7) is 0.649. The van der Waals surface area contributed by atoms with E-state index < -0.39 is 0 Å². The molecular weight excluding hydrogens is 268 g/mol. The maximum absolute atomic E-state index is 11.8. The minimum atomic E-state index is -0.0651. The summed E-state index contributed by atoms with van der Waals surface area (Å²) in [5.41, 5.74) is 1.58. The minimum absolute atomic E-state index is 0.0651. The Balaban J connectivity index is 1.56. The van der Waals surface area contributed by atoms with Crippen molar-refractivity contribution in [2.75, 3.05) is 0 Å². The molecule has 0 fully saturated rings. The number of carbonyl (C=O) groups is 1. The van der Waals surface area contributed by atoms with Crippen LogP contribution < -0.4 is 5.32 Å². The molecule has 7 nitrogen and oxygen atoms in total. The van der Waals surface area contributed by atoms with Crippen LogP contribution in [-0.2, 0) is 17.9 Å². The van der Waals surface area contributed by atoms with E-state index >= 15 is 0 Å². The molecule has 0 spiro atoms. The Kier molecular flexibility index (Phi) is 3.72. The van der Waals surface area contributed by atoms with Gasteiger partial charge >= 0.3 is 0 Å². The number of carbonyl (C=O) groups excluding carboxylic acids is 1. The van der Waals surface area contributed by atoms with E-state index in [9.17, 15) is 4.79 Å². The van der Waals surface area contributed by atoms with Crippen molar-refractivity contribution in [2.24, 2.45) is 0 Å². The fraction of sp³-hybridized carbons (Fsp3) is 0.143. The SMILES string of the molecule is O=C(Cn1cccc1)NCc1cn(-c2ccncc2)nn1. The normalized spacial score (nSPS) is 10.5. The van der Waals surface area contributed by atoms with Crippen molar-refractivity contribution in [3.8, 4) is 5.69 Å². The van der Waals surface area contributed by atoms with Crippen LogP contribution in [0.5, 0.6) is 0 Å². The molecule has 0 aromatic carbocycles. The topological polar surface area (TPSA) is 77.6 Å². The van der Waals surface area contributed by atoms with E-state index in [-0.39, 0.29) is 5.91 Å². The third-order valence-corrected chi connectivity index (χ3v) is 2.93. The monoisotopic (exact) mass is 282 g/mol. The van der Waals surface area contributed by atoms with Gasteiger partial charge in [0, 0.05) is 24.8 Å². The van der Waals surface area contributed by atoms with Crippen molar-refractivity contribution in [3.63, 3.8) is 0 Å². The molecule has 0 aliphatic rings. The number of pyridine rings is 1. The van der Waals surface area contributed by atoms with Gasteiger partial charge in [0.25, 0.3) is 0 Å². The van der Waals surface area contributed by atoms with Crippen molar-refractivity contribution in [1.29, 1.82) is 0 Å². The lowest BCUT2D eigenvalue weighted by atomic mass is 10.4. The summed E-state index contributed by atoms with van der Waals surface area (Å²) in [7, 11) is 0. The first-order valence-corrected chi connectivity index (χ1v) is 6.50.